The molecule has 10 heteroatoms. The van der Waals surface area contributed by atoms with Crippen LogP contribution in [-0.2, 0) is 40.0 Å². The van der Waals surface area contributed by atoms with Crippen LogP contribution in [0.25, 0.3) is 0 Å². The van der Waals surface area contributed by atoms with Crippen molar-refractivity contribution in [2.45, 2.75) is 26.4 Å². The van der Waals surface area contributed by atoms with Gasteiger partial charge in [-0.05, 0) is 24.6 Å². The predicted octanol–water partition coefficient (Wildman–Crippen LogP) is 1.61. The minimum Gasteiger partial charge on any atom is -0.428 e. The number of rotatable bonds is 10. The summed E-state index contributed by atoms with van der Waals surface area (Å²) in [5, 5.41) is 0.408. The maximum atomic E-state index is 12.0. The van der Waals surface area contributed by atoms with Crippen LogP contribution in [0.3, 0.4) is 0 Å². The molecule has 1 aliphatic heterocycles. The van der Waals surface area contributed by atoms with Crippen LogP contribution in [0.5, 0.6) is 5.75 Å². The summed E-state index contributed by atoms with van der Waals surface area (Å²) in [5.74, 6) is -1.72. The van der Waals surface area contributed by atoms with Crippen molar-refractivity contribution in [2.75, 3.05) is 26.9 Å². The molecule has 2 amide bonds. The van der Waals surface area contributed by atoms with Gasteiger partial charge in [0.15, 0.2) is 0 Å². The van der Waals surface area contributed by atoms with Crippen LogP contribution in [0.1, 0.15) is 25.3 Å². The number of hydrogen-bond donors (Lipinski definition) is 0. The molecule has 0 aliphatic carbocycles. The first-order valence-corrected chi connectivity index (χ1v) is 8.98. The molecule has 0 spiro atoms. The molecule has 1 aliphatic rings. The van der Waals surface area contributed by atoms with E-state index < -0.39 is 29.9 Å². The molecule has 1 saturated heterocycles. The Morgan fingerprint density at radius 1 is 1.07 bits per heavy atom. The van der Waals surface area contributed by atoms with Gasteiger partial charge in [-0.1, -0.05) is 17.2 Å². The Balaban J connectivity index is 1.73. The fourth-order valence-electron chi connectivity index (χ4n) is 2.24. The SMILES string of the molecule is COCCOCC(C)C(=O)Oc1ccc(COC(=O)ON2C(=O)CCC2=O)cc1. The fraction of sp³-hybridized carbons (Fsp3) is 0.474. The monoisotopic (exact) mass is 409 g/mol. The Labute approximate surface area is 167 Å². The van der Waals surface area contributed by atoms with Crippen LogP contribution < -0.4 is 4.74 Å². The lowest BCUT2D eigenvalue weighted by molar-refractivity contribution is -0.177. The smallest absolute Gasteiger partial charge is 0.428 e. The summed E-state index contributed by atoms with van der Waals surface area (Å²) in [7, 11) is 1.56. The Morgan fingerprint density at radius 2 is 1.72 bits per heavy atom. The van der Waals surface area contributed by atoms with Crippen LogP contribution in [0.15, 0.2) is 24.3 Å². The summed E-state index contributed by atoms with van der Waals surface area (Å²) < 4.78 is 20.3. The maximum Gasteiger partial charge on any atom is 0.534 e. The van der Waals surface area contributed by atoms with Gasteiger partial charge in [-0.15, -0.1) is 0 Å². The van der Waals surface area contributed by atoms with E-state index in [-0.39, 0.29) is 26.1 Å². The van der Waals surface area contributed by atoms with Crippen molar-refractivity contribution in [3.8, 4) is 5.75 Å². The minimum atomic E-state index is -1.16. The van der Waals surface area contributed by atoms with E-state index in [0.29, 0.717) is 29.6 Å². The number of carbonyl (C=O) groups excluding carboxylic acids is 4. The first-order chi connectivity index (χ1) is 13.9. The number of amides is 2. The highest BCUT2D eigenvalue weighted by Crippen LogP contribution is 2.16. The van der Waals surface area contributed by atoms with Gasteiger partial charge in [0.25, 0.3) is 11.8 Å². The summed E-state index contributed by atoms with van der Waals surface area (Å²) in [6.07, 6.45) is -1.15. The molecule has 0 bridgehead atoms. The Kier molecular flexibility index (Phi) is 8.56. The molecule has 0 aromatic heterocycles. The Bertz CT molecular complexity index is 716. The second kappa shape index (κ2) is 11.1. The van der Waals surface area contributed by atoms with Crippen LogP contribution >= 0.6 is 0 Å². The van der Waals surface area contributed by atoms with Gasteiger partial charge in [0, 0.05) is 20.0 Å². The summed E-state index contributed by atoms with van der Waals surface area (Å²) in [4.78, 5) is 51.0. The second-order valence-electron chi connectivity index (χ2n) is 6.25. The largest absolute Gasteiger partial charge is 0.534 e. The van der Waals surface area contributed by atoms with Crippen molar-refractivity contribution < 1.29 is 43.0 Å². The molecule has 1 heterocycles. The summed E-state index contributed by atoms with van der Waals surface area (Å²) >= 11 is 0. The molecule has 1 fully saturated rings. The number of esters is 1. The highest BCUT2D eigenvalue weighted by Gasteiger charge is 2.33. The van der Waals surface area contributed by atoms with Gasteiger partial charge in [0.05, 0.1) is 25.7 Å². The molecule has 1 aromatic carbocycles. The van der Waals surface area contributed by atoms with Gasteiger partial charge >= 0.3 is 12.1 Å². The number of carbonyl (C=O) groups is 4. The molecule has 2 rings (SSSR count). The normalized spacial score (nSPS) is 14.6. The molecular weight excluding hydrogens is 386 g/mol. The van der Waals surface area contributed by atoms with Crippen LogP contribution in [0.2, 0.25) is 0 Å². The molecular formula is C19H23NO9. The first-order valence-electron chi connectivity index (χ1n) is 8.98. The van der Waals surface area contributed by atoms with E-state index in [1.165, 1.54) is 0 Å². The molecule has 158 valence electrons. The lowest BCUT2D eigenvalue weighted by Crippen LogP contribution is -2.32. The predicted molar refractivity (Wildman–Crippen MR) is 96.3 cm³/mol. The highest BCUT2D eigenvalue weighted by atomic mass is 16.8. The topological polar surface area (TPSA) is 118 Å². The van der Waals surface area contributed by atoms with E-state index in [1.54, 1.807) is 38.3 Å². The van der Waals surface area contributed by atoms with Crippen molar-refractivity contribution in [3.05, 3.63) is 29.8 Å². The average molecular weight is 409 g/mol. The van der Waals surface area contributed by atoms with Crippen molar-refractivity contribution >= 4 is 23.9 Å². The number of ether oxygens (including phenoxy) is 4. The van der Waals surface area contributed by atoms with E-state index >= 15 is 0 Å². The van der Waals surface area contributed by atoms with Crippen molar-refractivity contribution in [3.63, 3.8) is 0 Å². The number of hydroxylamine groups is 2. The van der Waals surface area contributed by atoms with Gasteiger partial charge in [-0.25, -0.2) is 4.79 Å². The van der Waals surface area contributed by atoms with Crippen molar-refractivity contribution in [1.82, 2.24) is 5.06 Å². The van der Waals surface area contributed by atoms with E-state index in [4.69, 9.17) is 18.9 Å². The Morgan fingerprint density at radius 3 is 2.34 bits per heavy atom. The molecule has 29 heavy (non-hydrogen) atoms. The molecule has 0 N–H and O–H groups in total. The van der Waals surface area contributed by atoms with Crippen molar-refractivity contribution in [1.29, 1.82) is 0 Å². The zero-order chi connectivity index (χ0) is 21.2. The first kappa shape index (κ1) is 22.3. The number of hydrogen-bond acceptors (Lipinski definition) is 9. The molecule has 10 nitrogen and oxygen atoms in total. The third-order valence-corrected chi connectivity index (χ3v) is 3.87. The standard InChI is InChI=1S/C19H23NO9/c1-13(11-26-10-9-25-2)18(23)28-15-5-3-14(4-6-15)12-27-19(24)29-20-16(21)7-8-17(20)22/h3-6,13H,7-12H2,1-2H3. The van der Waals surface area contributed by atoms with Gasteiger partial charge in [0.1, 0.15) is 12.4 Å². The van der Waals surface area contributed by atoms with Gasteiger partial charge < -0.3 is 18.9 Å². The zero-order valence-corrected chi connectivity index (χ0v) is 16.3. The van der Waals surface area contributed by atoms with E-state index in [0.717, 1.165) is 0 Å². The van der Waals surface area contributed by atoms with E-state index in [9.17, 15) is 19.2 Å². The molecule has 1 atom stereocenters. The average Bonchev–Trinajstić information content (AvgIpc) is 3.02. The van der Waals surface area contributed by atoms with Gasteiger partial charge in [-0.3, -0.25) is 19.2 Å². The molecule has 1 unspecified atom stereocenters. The van der Waals surface area contributed by atoms with Gasteiger partial charge in [0.2, 0.25) is 0 Å². The lowest BCUT2D eigenvalue weighted by atomic mass is 10.2. The third kappa shape index (κ3) is 7.16. The summed E-state index contributed by atoms with van der Waals surface area (Å²) in [6.45, 7) is 2.61. The number of imide groups is 1. The summed E-state index contributed by atoms with van der Waals surface area (Å²) in [6, 6.07) is 6.30. The van der Waals surface area contributed by atoms with E-state index in [2.05, 4.69) is 4.84 Å². The van der Waals surface area contributed by atoms with Crippen molar-refractivity contribution in [2.24, 2.45) is 5.92 Å². The number of methoxy groups -OCH3 is 1. The quantitative estimate of drug-likeness (QED) is 0.246. The van der Waals surface area contributed by atoms with E-state index in [1.807, 2.05) is 0 Å². The zero-order valence-electron chi connectivity index (χ0n) is 16.3. The lowest BCUT2D eigenvalue weighted by Gasteiger charge is -2.13. The summed E-state index contributed by atoms with van der Waals surface area (Å²) in [5.41, 5.74) is 0.594. The highest BCUT2D eigenvalue weighted by molar-refractivity contribution is 6.01. The molecule has 1 aromatic rings. The van der Waals surface area contributed by atoms with Gasteiger partial charge in [-0.2, -0.15) is 0 Å². The van der Waals surface area contributed by atoms with Crippen LogP contribution in [-0.4, -0.2) is 55.9 Å². The number of benzene rings is 1. The Hall–Kier alpha value is -2.98. The second-order valence-corrected chi connectivity index (χ2v) is 6.25. The minimum absolute atomic E-state index is 0.00416. The fourth-order valence-corrected chi connectivity index (χ4v) is 2.24. The van der Waals surface area contributed by atoms with Crippen LogP contribution in [0, 0.1) is 5.92 Å². The third-order valence-electron chi connectivity index (χ3n) is 3.87. The molecule has 0 radical (unpaired) electrons. The molecule has 0 saturated carbocycles. The van der Waals surface area contributed by atoms with Crippen LogP contribution in [0.4, 0.5) is 4.79 Å². The number of nitrogens with zero attached hydrogens (tertiary/aromatic N) is 1. The maximum absolute atomic E-state index is 12.0.